The van der Waals surface area contributed by atoms with E-state index in [1.165, 1.54) is 7.11 Å². The third-order valence-corrected chi connectivity index (χ3v) is 7.62. The summed E-state index contributed by atoms with van der Waals surface area (Å²) in [7, 11) is -2.89. The minimum Gasteiger partial charge on any atom is -0.468 e. The second kappa shape index (κ2) is 8.80. The number of fused-ring (bicyclic) bond motifs is 1. The van der Waals surface area contributed by atoms with E-state index in [1.54, 1.807) is 0 Å². The summed E-state index contributed by atoms with van der Waals surface area (Å²) in [6, 6.07) is -2.09. The lowest BCUT2D eigenvalue weighted by atomic mass is 9.66. The van der Waals surface area contributed by atoms with Gasteiger partial charge in [0.15, 0.2) is 0 Å². The topological polar surface area (TPSA) is 148 Å². The fourth-order valence-corrected chi connectivity index (χ4v) is 6.02. The Labute approximate surface area is 169 Å². The molecule has 0 radical (unpaired) electrons. The summed E-state index contributed by atoms with van der Waals surface area (Å²) >= 11 is 0. The normalized spacial score (nSPS) is 38.1. The maximum absolute atomic E-state index is 15.4. The van der Waals surface area contributed by atoms with Crippen molar-refractivity contribution in [3.63, 3.8) is 0 Å². The van der Waals surface area contributed by atoms with E-state index < -0.39 is 58.9 Å². The number of ether oxygens (including phenoxy) is 2. The highest BCUT2D eigenvalue weighted by atomic mass is 32.2. The van der Waals surface area contributed by atoms with Crippen molar-refractivity contribution in [3.05, 3.63) is 0 Å². The number of carbonyl (C=O) groups excluding carboxylic acids is 2. The third kappa shape index (κ3) is 4.71. The molecule has 29 heavy (non-hydrogen) atoms. The number of carbonyl (C=O) groups is 2. The zero-order valence-corrected chi connectivity index (χ0v) is 17.0. The number of nitrogens with one attached hydrogen (secondary N) is 1. The summed E-state index contributed by atoms with van der Waals surface area (Å²) < 4.78 is 52.5. The lowest BCUT2D eigenvalue weighted by Crippen LogP contribution is -2.59. The summed E-state index contributed by atoms with van der Waals surface area (Å²) in [5.41, 5.74) is 5.67. The molecule has 3 fully saturated rings. The molecule has 10 nitrogen and oxygen atoms in total. The van der Waals surface area contributed by atoms with Crippen LogP contribution >= 0.6 is 0 Å². The molecule has 3 rings (SSSR count). The lowest BCUT2D eigenvalue weighted by molar-refractivity contribution is -0.143. The molecular weight excluding hydrogens is 409 g/mol. The molecule has 0 bridgehead atoms. The molecular formula is C17H28FN3O7S. The predicted octanol–water partition coefficient (Wildman–Crippen LogP) is -1.17. The summed E-state index contributed by atoms with van der Waals surface area (Å²) in [5.74, 6) is -1.83. The van der Waals surface area contributed by atoms with Crippen LogP contribution < -0.4 is 10.5 Å². The Morgan fingerprint density at radius 3 is 2.76 bits per heavy atom. The molecule has 1 amide bonds. The smallest absolute Gasteiger partial charge is 0.322 e. The van der Waals surface area contributed by atoms with Crippen LogP contribution in [0.4, 0.5) is 4.39 Å². The van der Waals surface area contributed by atoms with E-state index in [0.29, 0.717) is 19.3 Å². The van der Waals surface area contributed by atoms with Crippen LogP contribution in [0.1, 0.15) is 32.1 Å². The molecule has 6 unspecified atom stereocenters. The average molecular weight is 437 g/mol. The maximum atomic E-state index is 15.4. The van der Waals surface area contributed by atoms with Crippen LogP contribution in [0.5, 0.6) is 0 Å². The molecule has 0 spiro atoms. The summed E-state index contributed by atoms with van der Waals surface area (Å²) in [4.78, 5) is 22.8. The van der Waals surface area contributed by atoms with Crippen LogP contribution in [0.25, 0.3) is 0 Å². The number of rotatable bonds is 6. The molecule has 1 aliphatic heterocycles. The molecule has 0 aromatic rings. The Bertz CT molecular complexity index is 737. The molecule has 1 heterocycles. The number of halogens is 1. The van der Waals surface area contributed by atoms with Crippen LogP contribution in [0.2, 0.25) is 0 Å². The van der Waals surface area contributed by atoms with Crippen molar-refractivity contribution in [2.75, 3.05) is 20.3 Å². The highest BCUT2D eigenvalue weighted by Crippen LogP contribution is 2.45. The van der Waals surface area contributed by atoms with Gasteiger partial charge >= 0.3 is 16.2 Å². The first-order chi connectivity index (χ1) is 13.6. The molecule has 2 aliphatic carbocycles. The third-order valence-electron chi connectivity index (χ3n) is 6.14. The minimum absolute atomic E-state index is 0.0811. The number of esters is 1. The monoisotopic (exact) mass is 437 g/mol. The Morgan fingerprint density at radius 1 is 1.41 bits per heavy atom. The first-order valence-corrected chi connectivity index (χ1v) is 11.2. The van der Waals surface area contributed by atoms with Gasteiger partial charge in [-0.2, -0.15) is 12.7 Å². The highest BCUT2D eigenvalue weighted by Gasteiger charge is 2.53. The Hall–Kier alpha value is -1.34. The Balaban J connectivity index is 1.61. The molecule has 3 aliphatic rings. The van der Waals surface area contributed by atoms with Gasteiger partial charge in [0, 0.05) is 6.61 Å². The van der Waals surface area contributed by atoms with Gasteiger partial charge in [0.05, 0.1) is 31.9 Å². The van der Waals surface area contributed by atoms with Crippen molar-refractivity contribution in [1.82, 2.24) is 9.03 Å². The number of aliphatic hydroxyl groups is 1. The quantitative estimate of drug-likeness (QED) is 0.440. The van der Waals surface area contributed by atoms with E-state index >= 15 is 4.39 Å². The van der Waals surface area contributed by atoms with Gasteiger partial charge in [-0.3, -0.25) is 9.59 Å². The van der Waals surface area contributed by atoms with Gasteiger partial charge in [-0.15, -0.1) is 0 Å². The number of nitrogens with two attached hydrogens (primary N) is 1. The van der Waals surface area contributed by atoms with Crippen molar-refractivity contribution in [3.8, 4) is 0 Å². The fourth-order valence-electron chi connectivity index (χ4n) is 4.69. The standard InChI is InChI=1S/C17H28FN3O7S/c1-27-17(24)12(19)4-5-28-10-3-2-9-6-13(22)16(15(18)11(9)7-10)21-8-14(23)20-29(21,25)26/h9-13,15-16,22H,2-8,19H2,1H3,(H,20,23)/t9?,10?,11?,12-,13?,15?,16?/m0/s1. The van der Waals surface area contributed by atoms with E-state index in [1.807, 2.05) is 4.72 Å². The first-order valence-electron chi connectivity index (χ1n) is 9.73. The molecule has 166 valence electrons. The van der Waals surface area contributed by atoms with Crippen LogP contribution in [-0.2, 0) is 29.3 Å². The van der Waals surface area contributed by atoms with Crippen LogP contribution in [0, 0.1) is 11.8 Å². The van der Waals surface area contributed by atoms with Gasteiger partial charge in [-0.1, -0.05) is 0 Å². The van der Waals surface area contributed by atoms with Crippen molar-refractivity contribution in [2.24, 2.45) is 17.6 Å². The van der Waals surface area contributed by atoms with Gasteiger partial charge < -0.3 is 20.3 Å². The number of methoxy groups -OCH3 is 1. The van der Waals surface area contributed by atoms with Gasteiger partial charge in [0.1, 0.15) is 12.2 Å². The van der Waals surface area contributed by atoms with E-state index in [4.69, 9.17) is 10.5 Å². The highest BCUT2D eigenvalue weighted by molar-refractivity contribution is 7.88. The average Bonchev–Trinajstić information content (AvgIpc) is 2.93. The lowest BCUT2D eigenvalue weighted by Gasteiger charge is -2.47. The number of alkyl halides is 1. The number of amides is 1. The molecule has 7 atom stereocenters. The first kappa shape index (κ1) is 22.3. The van der Waals surface area contributed by atoms with Crippen molar-refractivity contribution in [2.45, 2.75) is 62.6 Å². The van der Waals surface area contributed by atoms with Crippen molar-refractivity contribution >= 4 is 22.1 Å². The van der Waals surface area contributed by atoms with Gasteiger partial charge in [-0.05, 0) is 43.9 Å². The molecule has 2 saturated carbocycles. The van der Waals surface area contributed by atoms with Crippen molar-refractivity contribution in [1.29, 1.82) is 0 Å². The summed E-state index contributed by atoms with van der Waals surface area (Å²) in [6.07, 6.45) is -0.789. The van der Waals surface area contributed by atoms with Gasteiger partial charge in [0.25, 0.3) is 0 Å². The Morgan fingerprint density at radius 2 is 2.14 bits per heavy atom. The number of hydrogen-bond donors (Lipinski definition) is 3. The maximum Gasteiger partial charge on any atom is 0.322 e. The molecule has 1 saturated heterocycles. The molecule has 0 aromatic heterocycles. The van der Waals surface area contributed by atoms with Gasteiger partial charge in [0.2, 0.25) is 5.91 Å². The van der Waals surface area contributed by atoms with Gasteiger partial charge in [-0.25, -0.2) is 9.11 Å². The number of nitrogens with zero attached hydrogens (tertiary/aromatic N) is 1. The van der Waals surface area contributed by atoms with Crippen LogP contribution in [0.3, 0.4) is 0 Å². The second-order valence-corrected chi connectivity index (χ2v) is 9.58. The number of aliphatic hydroxyl groups excluding tert-OH is 1. The van der Waals surface area contributed by atoms with E-state index in [2.05, 4.69) is 4.74 Å². The molecule has 0 aromatic carbocycles. The molecule has 4 N–H and O–H groups in total. The zero-order valence-electron chi connectivity index (χ0n) is 16.2. The zero-order chi connectivity index (χ0) is 21.3. The summed E-state index contributed by atoms with van der Waals surface area (Å²) in [6.45, 7) is -0.270. The van der Waals surface area contributed by atoms with E-state index in [0.717, 1.165) is 4.31 Å². The summed E-state index contributed by atoms with van der Waals surface area (Å²) in [5, 5.41) is 10.4. The Kier molecular flexibility index (Phi) is 6.78. The predicted molar refractivity (Wildman–Crippen MR) is 98.3 cm³/mol. The minimum atomic E-state index is -4.14. The fraction of sp³-hybridized carbons (Fsp3) is 0.882. The molecule has 12 heteroatoms. The van der Waals surface area contributed by atoms with E-state index in [-0.39, 0.29) is 31.5 Å². The SMILES string of the molecule is COC(=O)[C@@H](N)CCOC1CCC2CC(O)C(N3CC(=O)NS3(=O)=O)C(F)C2C1. The van der Waals surface area contributed by atoms with Crippen molar-refractivity contribution < 1.29 is 37.0 Å². The van der Waals surface area contributed by atoms with Crippen LogP contribution in [0.15, 0.2) is 0 Å². The van der Waals surface area contributed by atoms with Crippen LogP contribution in [-0.4, -0.2) is 80.4 Å². The second-order valence-electron chi connectivity index (χ2n) is 7.96. The van der Waals surface area contributed by atoms with E-state index in [9.17, 15) is 23.1 Å². The number of hydrogen-bond acceptors (Lipinski definition) is 8. The largest absolute Gasteiger partial charge is 0.468 e.